The maximum Gasteiger partial charge on any atom is 0.319 e. The minimum absolute atomic E-state index is 0.0458. The van der Waals surface area contributed by atoms with Crippen LogP contribution in [0.2, 0.25) is 0 Å². The number of sulfonamides is 1. The Kier molecular flexibility index (Phi) is 7.49. The van der Waals surface area contributed by atoms with Crippen LogP contribution >= 0.6 is 0 Å². The molecular formula is C22H28N4O5S. The number of benzene rings is 2. The van der Waals surface area contributed by atoms with Crippen LogP contribution in [-0.2, 0) is 14.8 Å². The fraction of sp³-hybridized carbons (Fsp3) is 0.364. The second-order valence-corrected chi connectivity index (χ2v) is 9.68. The number of para-hydroxylation sites is 2. The third-order valence-electron chi connectivity index (χ3n) is 4.90. The van der Waals surface area contributed by atoms with E-state index in [9.17, 15) is 18.0 Å². The van der Waals surface area contributed by atoms with E-state index in [-0.39, 0.29) is 29.6 Å². The molecule has 172 valence electrons. The van der Waals surface area contributed by atoms with E-state index in [1.54, 1.807) is 37.3 Å². The summed E-state index contributed by atoms with van der Waals surface area (Å²) in [6, 6.07) is 10.9. The summed E-state index contributed by atoms with van der Waals surface area (Å²) in [4.78, 5) is 25.2. The topological polar surface area (TPSA) is 117 Å². The first-order valence-corrected chi connectivity index (χ1v) is 11.8. The molecule has 1 saturated heterocycles. The average Bonchev–Trinajstić information content (AvgIpc) is 2.75. The molecule has 3 rings (SSSR count). The van der Waals surface area contributed by atoms with Crippen LogP contribution in [0, 0.1) is 6.92 Å². The SMILES string of the molecule is Cc1ccc(S(=O)(=O)N2CCOCC2)cc1C(=O)Nc1ccccc1NC(=O)NC(C)C. The van der Waals surface area contributed by atoms with E-state index in [1.165, 1.54) is 16.4 Å². The monoisotopic (exact) mass is 460 g/mol. The van der Waals surface area contributed by atoms with Crippen molar-refractivity contribution in [3.8, 4) is 0 Å². The Hall–Kier alpha value is -2.95. The van der Waals surface area contributed by atoms with Crippen molar-refractivity contribution >= 4 is 33.3 Å². The number of nitrogens with one attached hydrogen (secondary N) is 3. The van der Waals surface area contributed by atoms with Gasteiger partial charge in [0.1, 0.15) is 0 Å². The van der Waals surface area contributed by atoms with Crippen molar-refractivity contribution in [2.75, 3.05) is 36.9 Å². The first-order valence-electron chi connectivity index (χ1n) is 10.3. The number of hydrogen-bond donors (Lipinski definition) is 3. The van der Waals surface area contributed by atoms with E-state index >= 15 is 0 Å². The summed E-state index contributed by atoms with van der Waals surface area (Å²) < 4.78 is 32.5. The van der Waals surface area contributed by atoms with E-state index < -0.39 is 22.0 Å². The third kappa shape index (κ3) is 5.64. The van der Waals surface area contributed by atoms with Crippen LogP contribution in [0.25, 0.3) is 0 Å². The smallest absolute Gasteiger partial charge is 0.319 e. The molecule has 3 amide bonds. The Morgan fingerprint density at radius 2 is 1.62 bits per heavy atom. The molecule has 2 aromatic carbocycles. The van der Waals surface area contributed by atoms with E-state index in [4.69, 9.17) is 4.74 Å². The summed E-state index contributed by atoms with van der Waals surface area (Å²) in [7, 11) is -3.74. The van der Waals surface area contributed by atoms with Gasteiger partial charge in [0.25, 0.3) is 5.91 Å². The van der Waals surface area contributed by atoms with Crippen LogP contribution in [0.1, 0.15) is 29.8 Å². The Bertz CT molecular complexity index is 1100. The number of urea groups is 1. The van der Waals surface area contributed by atoms with Crippen molar-refractivity contribution < 1.29 is 22.7 Å². The number of anilines is 2. The van der Waals surface area contributed by atoms with Crippen molar-refractivity contribution in [1.29, 1.82) is 0 Å². The molecule has 0 unspecified atom stereocenters. The van der Waals surface area contributed by atoms with Crippen LogP contribution in [0.3, 0.4) is 0 Å². The lowest BCUT2D eigenvalue weighted by atomic mass is 10.1. The molecule has 0 aromatic heterocycles. The number of nitrogens with zero attached hydrogens (tertiary/aromatic N) is 1. The van der Waals surface area contributed by atoms with Crippen LogP contribution in [-0.4, -0.2) is 57.0 Å². The number of aryl methyl sites for hydroxylation is 1. The van der Waals surface area contributed by atoms with Gasteiger partial charge in [-0.05, 0) is 50.6 Å². The highest BCUT2D eigenvalue weighted by Gasteiger charge is 2.27. The van der Waals surface area contributed by atoms with Crippen LogP contribution < -0.4 is 16.0 Å². The standard InChI is InChI=1S/C22H28N4O5S/c1-15(2)23-22(28)25-20-7-5-4-6-19(20)24-21(27)18-14-17(9-8-16(18)3)32(29,30)26-10-12-31-13-11-26/h4-9,14-15H,10-13H2,1-3H3,(H,24,27)(H2,23,25,28). The number of rotatable bonds is 6. The average molecular weight is 461 g/mol. The second kappa shape index (κ2) is 10.1. The summed E-state index contributed by atoms with van der Waals surface area (Å²) in [5.41, 5.74) is 1.69. The van der Waals surface area contributed by atoms with Crippen LogP contribution in [0.4, 0.5) is 16.2 Å². The van der Waals surface area contributed by atoms with E-state index in [1.807, 2.05) is 13.8 Å². The minimum Gasteiger partial charge on any atom is -0.379 e. The van der Waals surface area contributed by atoms with E-state index in [0.717, 1.165) is 0 Å². The van der Waals surface area contributed by atoms with Crippen LogP contribution in [0.15, 0.2) is 47.4 Å². The molecule has 2 aromatic rings. The predicted molar refractivity (Wildman–Crippen MR) is 122 cm³/mol. The highest BCUT2D eigenvalue weighted by atomic mass is 32.2. The van der Waals surface area contributed by atoms with Gasteiger partial charge in [0.05, 0.1) is 29.5 Å². The van der Waals surface area contributed by atoms with E-state index in [0.29, 0.717) is 30.2 Å². The van der Waals surface area contributed by atoms with Gasteiger partial charge in [-0.1, -0.05) is 18.2 Å². The summed E-state index contributed by atoms with van der Waals surface area (Å²) in [6.07, 6.45) is 0. The maximum atomic E-state index is 13.0. The molecule has 0 radical (unpaired) electrons. The molecule has 3 N–H and O–H groups in total. The van der Waals surface area contributed by atoms with Crippen LogP contribution in [0.5, 0.6) is 0 Å². The van der Waals surface area contributed by atoms with E-state index in [2.05, 4.69) is 16.0 Å². The van der Waals surface area contributed by atoms with Gasteiger partial charge in [-0.15, -0.1) is 0 Å². The maximum absolute atomic E-state index is 13.0. The third-order valence-corrected chi connectivity index (χ3v) is 6.80. The van der Waals surface area contributed by atoms with Gasteiger partial charge in [0.15, 0.2) is 0 Å². The highest BCUT2D eigenvalue weighted by molar-refractivity contribution is 7.89. The molecule has 32 heavy (non-hydrogen) atoms. The molecule has 0 aliphatic carbocycles. The highest BCUT2D eigenvalue weighted by Crippen LogP contribution is 2.24. The van der Waals surface area contributed by atoms with Crippen molar-refractivity contribution in [2.24, 2.45) is 0 Å². The zero-order chi connectivity index (χ0) is 23.3. The quantitative estimate of drug-likeness (QED) is 0.613. The van der Waals surface area contributed by atoms with Crippen molar-refractivity contribution in [1.82, 2.24) is 9.62 Å². The fourth-order valence-corrected chi connectivity index (χ4v) is 4.69. The lowest BCUT2D eigenvalue weighted by Crippen LogP contribution is -2.40. The lowest BCUT2D eigenvalue weighted by molar-refractivity contribution is 0.0730. The van der Waals surface area contributed by atoms with Gasteiger partial charge >= 0.3 is 6.03 Å². The van der Waals surface area contributed by atoms with Gasteiger partial charge in [0, 0.05) is 24.7 Å². The molecule has 1 fully saturated rings. The van der Waals surface area contributed by atoms with Gasteiger partial charge in [-0.3, -0.25) is 4.79 Å². The molecule has 1 heterocycles. The summed E-state index contributed by atoms with van der Waals surface area (Å²) in [5, 5.41) is 8.21. The zero-order valence-corrected chi connectivity index (χ0v) is 19.2. The first kappa shape index (κ1) is 23.7. The summed E-state index contributed by atoms with van der Waals surface area (Å²) in [6.45, 7) is 6.64. The van der Waals surface area contributed by atoms with Gasteiger partial charge in [-0.2, -0.15) is 4.31 Å². The van der Waals surface area contributed by atoms with Gasteiger partial charge in [-0.25, -0.2) is 13.2 Å². The Morgan fingerprint density at radius 1 is 1.00 bits per heavy atom. The Labute approximate surface area is 188 Å². The normalized spacial score (nSPS) is 14.8. The first-order chi connectivity index (χ1) is 15.2. The van der Waals surface area contributed by atoms with Crippen molar-refractivity contribution in [3.63, 3.8) is 0 Å². The number of ether oxygens (including phenoxy) is 1. The number of amides is 3. The minimum atomic E-state index is -3.74. The molecule has 1 aliphatic rings. The largest absolute Gasteiger partial charge is 0.379 e. The molecule has 0 saturated carbocycles. The molecular weight excluding hydrogens is 432 g/mol. The molecule has 0 atom stereocenters. The molecule has 10 heteroatoms. The number of carbonyl (C=O) groups excluding carboxylic acids is 2. The lowest BCUT2D eigenvalue weighted by Gasteiger charge is -2.26. The second-order valence-electron chi connectivity index (χ2n) is 7.75. The summed E-state index contributed by atoms with van der Waals surface area (Å²) >= 11 is 0. The number of morpholine rings is 1. The van der Waals surface area contributed by atoms with Crippen molar-refractivity contribution in [3.05, 3.63) is 53.6 Å². The van der Waals surface area contributed by atoms with Gasteiger partial charge in [0.2, 0.25) is 10.0 Å². The number of hydrogen-bond acceptors (Lipinski definition) is 5. The molecule has 9 nitrogen and oxygen atoms in total. The zero-order valence-electron chi connectivity index (χ0n) is 18.3. The molecule has 0 spiro atoms. The predicted octanol–water partition coefficient (Wildman–Crippen LogP) is 2.80. The number of carbonyl (C=O) groups is 2. The molecule has 0 bridgehead atoms. The molecule has 1 aliphatic heterocycles. The Morgan fingerprint density at radius 3 is 2.25 bits per heavy atom. The van der Waals surface area contributed by atoms with Gasteiger partial charge < -0.3 is 20.7 Å². The fourth-order valence-electron chi connectivity index (χ4n) is 3.25. The van der Waals surface area contributed by atoms with Crippen molar-refractivity contribution in [2.45, 2.75) is 31.7 Å². The summed E-state index contributed by atoms with van der Waals surface area (Å²) in [5.74, 6) is -0.472. The Balaban J connectivity index is 1.83.